The van der Waals surface area contributed by atoms with Crippen molar-refractivity contribution in [3.63, 3.8) is 0 Å². The predicted molar refractivity (Wildman–Crippen MR) is 227 cm³/mol. The zero-order valence-electron chi connectivity index (χ0n) is 29.6. The first-order valence-corrected chi connectivity index (χ1v) is 18.5. The Kier molecular flexibility index (Phi) is 7.14. The van der Waals surface area contributed by atoms with Crippen LogP contribution in [0.4, 0.5) is 0 Å². The summed E-state index contributed by atoms with van der Waals surface area (Å²) in [5.41, 5.74) is 8.85. The van der Waals surface area contributed by atoms with Crippen LogP contribution in [0.1, 0.15) is 0 Å². The van der Waals surface area contributed by atoms with Gasteiger partial charge in [-0.2, -0.15) is 0 Å². The Bertz CT molecular complexity index is 3210. The summed E-state index contributed by atoms with van der Waals surface area (Å²) in [5, 5.41) is 9.50. The summed E-state index contributed by atoms with van der Waals surface area (Å²) >= 11 is 0. The molecule has 0 radical (unpaired) electrons. The monoisotopic (exact) mass is 701 g/mol. The molecular formula is C51H31N3O. The van der Waals surface area contributed by atoms with E-state index in [1.807, 2.05) is 48.5 Å². The maximum absolute atomic E-state index is 6.61. The molecule has 0 saturated carbocycles. The van der Waals surface area contributed by atoms with Crippen molar-refractivity contribution < 1.29 is 4.42 Å². The summed E-state index contributed by atoms with van der Waals surface area (Å²) in [6.45, 7) is 0. The topological polar surface area (TPSA) is 51.8 Å². The molecule has 0 saturated heterocycles. The van der Waals surface area contributed by atoms with Crippen LogP contribution in [0.2, 0.25) is 0 Å². The van der Waals surface area contributed by atoms with Crippen LogP contribution in [0, 0.1) is 0 Å². The van der Waals surface area contributed by atoms with Crippen molar-refractivity contribution in [1.82, 2.24) is 15.0 Å². The highest BCUT2D eigenvalue weighted by Gasteiger charge is 2.21. The Morgan fingerprint density at radius 2 is 0.691 bits per heavy atom. The molecule has 0 aliphatic carbocycles. The third-order valence-corrected chi connectivity index (χ3v) is 10.7. The lowest BCUT2D eigenvalue weighted by atomic mass is 9.91. The maximum atomic E-state index is 6.61. The van der Waals surface area contributed by atoms with Gasteiger partial charge in [0.2, 0.25) is 0 Å². The van der Waals surface area contributed by atoms with E-state index >= 15 is 0 Å². The largest absolute Gasteiger partial charge is 0.456 e. The van der Waals surface area contributed by atoms with Gasteiger partial charge in [0.15, 0.2) is 17.5 Å². The van der Waals surface area contributed by atoms with Gasteiger partial charge in [0.1, 0.15) is 11.2 Å². The van der Waals surface area contributed by atoms with E-state index in [-0.39, 0.29) is 0 Å². The molecule has 0 atom stereocenters. The lowest BCUT2D eigenvalue weighted by Crippen LogP contribution is -2.00. The van der Waals surface area contributed by atoms with E-state index in [1.54, 1.807) is 0 Å². The van der Waals surface area contributed by atoms with Crippen LogP contribution in [-0.4, -0.2) is 15.0 Å². The minimum atomic E-state index is 0.593. The van der Waals surface area contributed by atoms with Gasteiger partial charge in [-0.15, -0.1) is 0 Å². The van der Waals surface area contributed by atoms with Crippen LogP contribution in [0.3, 0.4) is 0 Å². The Hall–Kier alpha value is -7.43. The van der Waals surface area contributed by atoms with Gasteiger partial charge in [0, 0.05) is 27.5 Å². The van der Waals surface area contributed by atoms with Crippen molar-refractivity contribution in [2.24, 2.45) is 0 Å². The van der Waals surface area contributed by atoms with E-state index in [0.717, 1.165) is 60.9 Å². The van der Waals surface area contributed by atoms with E-state index in [4.69, 9.17) is 19.4 Å². The molecule has 2 heterocycles. The first kappa shape index (κ1) is 31.1. The molecule has 256 valence electrons. The van der Waals surface area contributed by atoms with Gasteiger partial charge >= 0.3 is 0 Å². The van der Waals surface area contributed by atoms with Crippen LogP contribution < -0.4 is 0 Å². The second kappa shape index (κ2) is 12.6. The van der Waals surface area contributed by atoms with E-state index in [0.29, 0.717) is 17.5 Å². The fraction of sp³-hybridized carbons (Fsp3) is 0. The van der Waals surface area contributed by atoms with Crippen molar-refractivity contribution >= 4 is 54.3 Å². The van der Waals surface area contributed by atoms with Gasteiger partial charge in [0.05, 0.1) is 0 Å². The summed E-state index contributed by atoms with van der Waals surface area (Å²) < 4.78 is 6.61. The van der Waals surface area contributed by atoms with E-state index in [2.05, 4.69) is 140 Å². The third kappa shape index (κ3) is 5.19. The highest BCUT2D eigenvalue weighted by molar-refractivity contribution is 6.26. The molecule has 0 aliphatic rings. The smallest absolute Gasteiger partial charge is 0.164 e. The van der Waals surface area contributed by atoms with Gasteiger partial charge in [0.25, 0.3) is 0 Å². The minimum absolute atomic E-state index is 0.593. The number of aromatic nitrogens is 3. The van der Waals surface area contributed by atoms with Crippen molar-refractivity contribution in [3.8, 4) is 56.4 Å². The molecule has 0 spiro atoms. The molecular weight excluding hydrogens is 671 g/mol. The quantitative estimate of drug-likeness (QED) is 0.168. The van der Waals surface area contributed by atoms with E-state index in [1.165, 1.54) is 32.3 Å². The number of fused-ring (bicyclic) bond motifs is 9. The van der Waals surface area contributed by atoms with E-state index in [9.17, 15) is 0 Å². The molecule has 0 fully saturated rings. The first-order valence-electron chi connectivity index (χ1n) is 18.5. The zero-order chi connectivity index (χ0) is 36.3. The lowest BCUT2D eigenvalue weighted by molar-refractivity contribution is 0.669. The number of rotatable bonds is 5. The maximum Gasteiger partial charge on any atom is 0.164 e. The average Bonchev–Trinajstić information content (AvgIpc) is 3.66. The van der Waals surface area contributed by atoms with Gasteiger partial charge in [-0.25, -0.2) is 15.0 Å². The van der Waals surface area contributed by atoms with Crippen molar-refractivity contribution in [3.05, 3.63) is 188 Å². The molecule has 55 heavy (non-hydrogen) atoms. The fourth-order valence-electron chi connectivity index (χ4n) is 8.15. The standard InChI is InChI=1S/C51H31N3O/c1-3-13-32(14-4-1)33-25-27-35(28-26-33)50-52-49(34-15-5-2-6-16-34)53-51(54-50)43-22-12-24-46-48(43)47-37(21-11-23-45(47)55-46)36-29-30-42-40-19-8-7-17-38(40)39-18-9-10-20-41(39)44(42)31-36/h1-31H. The summed E-state index contributed by atoms with van der Waals surface area (Å²) in [4.78, 5) is 15.4. The molecule has 4 nitrogen and oxygen atoms in total. The Morgan fingerprint density at radius 1 is 0.273 bits per heavy atom. The van der Waals surface area contributed by atoms with Gasteiger partial charge in [-0.1, -0.05) is 170 Å². The molecule has 0 unspecified atom stereocenters. The summed E-state index contributed by atoms with van der Waals surface area (Å²) in [7, 11) is 0. The molecule has 11 rings (SSSR count). The summed E-state index contributed by atoms with van der Waals surface area (Å²) in [6, 6.07) is 65.7. The van der Waals surface area contributed by atoms with Crippen LogP contribution in [0.5, 0.6) is 0 Å². The lowest BCUT2D eigenvalue weighted by Gasteiger charge is -2.13. The Labute approximate surface area is 317 Å². The number of nitrogens with zero attached hydrogens (tertiary/aromatic N) is 3. The second-order valence-electron chi connectivity index (χ2n) is 13.9. The Morgan fingerprint density at radius 3 is 1.31 bits per heavy atom. The Balaban J connectivity index is 1.13. The predicted octanol–water partition coefficient (Wildman–Crippen LogP) is 13.6. The normalized spacial score (nSPS) is 11.6. The molecule has 0 N–H and O–H groups in total. The SMILES string of the molecule is c1ccc(-c2ccc(-c3nc(-c4ccccc4)nc(-c4cccc5oc6cccc(-c7ccc8c9ccccc9c9ccccc9c8c7)c6c45)n3)cc2)cc1. The molecule has 9 aromatic carbocycles. The highest BCUT2D eigenvalue weighted by Crippen LogP contribution is 2.43. The number of benzene rings is 9. The molecule has 0 bridgehead atoms. The summed E-state index contributed by atoms with van der Waals surface area (Å²) in [6.07, 6.45) is 0. The average molecular weight is 702 g/mol. The molecule has 0 amide bonds. The van der Waals surface area contributed by atoms with Crippen LogP contribution in [-0.2, 0) is 0 Å². The van der Waals surface area contributed by atoms with E-state index < -0.39 is 0 Å². The van der Waals surface area contributed by atoms with Crippen LogP contribution in [0.25, 0.3) is 111 Å². The third-order valence-electron chi connectivity index (χ3n) is 10.7. The second-order valence-corrected chi connectivity index (χ2v) is 13.9. The van der Waals surface area contributed by atoms with Crippen LogP contribution >= 0.6 is 0 Å². The highest BCUT2D eigenvalue weighted by atomic mass is 16.3. The van der Waals surface area contributed by atoms with Crippen molar-refractivity contribution in [2.45, 2.75) is 0 Å². The fourth-order valence-corrected chi connectivity index (χ4v) is 8.15. The van der Waals surface area contributed by atoms with Crippen molar-refractivity contribution in [1.29, 1.82) is 0 Å². The van der Waals surface area contributed by atoms with Gasteiger partial charge in [-0.3, -0.25) is 0 Å². The molecule has 4 heteroatoms. The number of hydrogen-bond acceptors (Lipinski definition) is 4. The minimum Gasteiger partial charge on any atom is -0.456 e. The molecule has 2 aromatic heterocycles. The van der Waals surface area contributed by atoms with Gasteiger partial charge < -0.3 is 4.42 Å². The molecule has 11 aromatic rings. The van der Waals surface area contributed by atoms with Crippen LogP contribution in [0.15, 0.2) is 192 Å². The van der Waals surface area contributed by atoms with Gasteiger partial charge in [-0.05, 0) is 72.8 Å². The first-order chi connectivity index (χ1) is 27.3. The molecule has 0 aliphatic heterocycles. The number of hydrogen-bond donors (Lipinski definition) is 0. The zero-order valence-corrected chi connectivity index (χ0v) is 29.6. The summed E-state index contributed by atoms with van der Waals surface area (Å²) in [5.74, 6) is 1.82. The number of furan rings is 1. The van der Waals surface area contributed by atoms with Crippen molar-refractivity contribution in [2.75, 3.05) is 0 Å².